The van der Waals surface area contributed by atoms with E-state index in [1.165, 1.54) is 5.56 Å². The van der Waals surface area contributed by atoms with E-state index in [1.54, 1.807) is 6.92 Å². The van der Waals surface area contributed by atoms with Gasteiger partial charge in [-0.25, -0.2) is 0 Å². The van der Waals surface area contributed by atoms with Crippen LogP contribution in [0.3, 0.4) is 0 Å². The molecule has 1 rings (SSSR count). The molecule has 1 aromatic rings. The van der Waals surface area contributed by atoms with Crippen molar-refractivity contribution in [1.29, 1.82) is 0 Å². The van der Waals surface area contributed by atoms with Crippen LogP contribution in [0.4, 0.5) is 0 Å². The first-order valence-corrected chi connectivity index (χ1v) is 5.52. The number of aliphatic carboxylic acids is 1. The Balaban J connectivity index is 2.71. The fraction of sp³-hybridized carbons (Fsp3) is 0.462. The van der Waals surface area contributed by atoms with E-state index in [4.69, 9.17) is 5.11 Å². The van der Waals surface area contributed by atoms with Crippen molar-refractivity contribution in [3.8, 4) is 0 Å². The second-order valence-corrected chi connectivity index (χ2v) is 4.27. The molecule has 0 spiro atoms. The fourth-order valence-corrected chi connectivity index (χ4v) is 1.45. The van der Waals surface area contributed by atoms with Crippen LogP contribution in [0.15, 0.2) is 24.3 Å². The van der Waals surface area contributed by atoms with Crippen molar-refractivity contribution in [2.75, 3.05) is 0 Å². The van der Waals surface area contributed by atoms with Gasteiger partial charge >= 0.3 is 5.97 Å². The van der Waals surface area contributed by atoms with Crippen LogP contribution < -0.4 is 5.32 Å². The zero-order chi connectivity index (χ0) is 12.2. The number of carboxylic acid groups (broad SMARTS) is 1. The Morgan fingerprint density at radius 2 is 2.06 bits per heavy atom. The number of hydrogen-bond donors (Lipinski definition) is 2. The summed E-state index contributed by atoms with van der Waals surface area (Å²) >= 11 is 0. The van der Waals surface area contributed by atoms with Gasteiger partial charge < -0.3 is 5.11 Å². The van der Waals surface area contributed by atoms with Gasteiger partial charge in [0, 0.05) is 6.54 Å². The van der Waals surface area contributed by atoms with Crippen LogP contribution in [0.2, 0.25) is 0 Å². The van der Waals surface area contributed by atoms with Crippen LogP contribution in [0.25, 0.3) is 0 Å². The van der Waals surface area contributed by atoms with Crippen LogP contribution in [-0.4, -0.2) is 16.6 Å². The lowest BCUT2D eigenvalue weighted by molar-refractivity contribution is -0.144. The molecule has 1 aromatic carbocycles. The monoisotopic (exact) mass is 221 g/mol. The quantitative estimate of drug-likeness (QED) is 0.802. The number of hydrogen-bond acceptors (Lipinski definition) is 2. The first kappa shape index (κ1) is 12.7. The Hall–Kier alpha value is -1.35. The summed E-state index contributed by atoms with van der Waals surface area (Å²) in [6.45, 7) is 6.21. The van der Waals surface area contributed by atoms with Crippen LogP contribution in [-0.2, 0) is 11.3 Å². The molecule has 1 atom stereocenters. The minimum absolute atomic E-state index is 0.564. The molecule has 0 aliphatic carbocycles. The van der Waals surface area contributed by atoms with E-state index in [9.17, 15) is 4.79 Å². The molecule has 1 unspecified atom stereocenters. The second kappa shape index (κ2) is 5.12. The van der Waals surface area contributed by atoms with Crippen LogP contribution >= 0.6 is 0 Å². The lowest BCUT2D eigenvalue weighted by atomic mass is 9.98. The first-order chi connectivity index (χ1) is 7.49. The predicted octanol–water partition coefficient (Wildman–Crippen LogP) is 2.34. The Bertz CT molecular complexity index is 376. The molecule has 0 saturated carbocycles. The number of aryl methyl sites for hydroxylation is 1. The summed E-state index contributed by atoms with van der Waals surface area (Å²) in [6.07, 6.45) is 0.564. The summed E-state index contributed by atoms with van der Waals surface area (Å²) in [5.74, 6) is -0.802. The fourth-order valence-electron chi connectivity index (χ4n) is 1.45. The zero-order valence-corrected chi connectivity index (χ0v) is 10.1. The minimum atomic E-state index is -0.845. The molecule has 0 aromatic heterocycles. The van der Waals surface area contributed by atoms with E-state index in [0.717, 1.165) is 5.56 Å². The van der Waals surface area contributed by atoms with Crippen LogP contribution in [0.5, 0.6) is 0 Å². The van der Waals surface area contributed by atoms with Gasteiger partial charge in [0.25, 0.3) is 0 Å². The van der Waals surface area contributed by atoms with Gasteiger partial charge in [-0.15, -0.1) is 0 Å². The molecular formula is C13H19NO2. The molecule has 0 radical (unpaired) electrons. The summed E-state index contributed by atoms with van der Waals surface area (Å²) in [5, 5.41) is 12.2. The molecule has 0 aliphatic rings. The maximum absolute atomic E-state index is 11.1. The lowest BCUT2D eigenvalue weighted by Gasteiger charge is -2.25. The SMILES string of the molecule is CCC(C)(NCc1ccccc1C)C(=O)O. The normalized spacial score (nSPS) is 14.4. The summed E-state index contributed by atoms with van der Waals surface area (Å²) < 4.78 is 0. The third kappa shape index (κ3) is 2.83. The molecular weight excluding hydrogens is 202 g/mol. The molecule has 0 saturated heterocycles. The average molecular weight is 221 g/mol. The lowest BCUT2D eigenvalue weighted by Crippen LogP contribution is -2.48. The van der Waals surface area contributed by atoms with Gasteiger partial charge in [-0.3, -0.25) is 10.1 Å². The van der Waals surface area contributed by atoms with Gasteiger partial charge in [0.05, 0.1) is 0 Å². The highest BCUT2D eigenvalue weighted by Gasteiger charge is 2.30. The summed E-state index contributed by atoms with van der Waals surface area (Å²) in [6, 6.07) is 7.99. The molecule has 0 aliphatic heterocycles. The van der Waals surface area contributed by atoms with Gasteiger partial charge in [-0.1, -0.05) is 31.2 Å². The summed E-state index contributed by atoms with van der Waals surface area (Å²) in [7, 11) is 0. The summed E-state index contributed by atoms with van der Waals surface area (Å²) in [4.78, 5) is 11.1. The highest BCUT2D eigenvalue weighted by molar-refractivity contribution is 5.78. The van der Waals surface area contributed by atoms with E-state index in [0.29, 0.717) is 13.0 Å². The van der Waals surface area contributed by atoms with Gasteiger partial charge in [-0.05, 0) is 31.4 Å². The van der Waals surface area contributed by atoms with Crippen LogP contribution in [0, 0.1) is 6.92 Å². The number of carbonyl (C=O) groups is 1. The van der Waals surface area contributed by atoms with Crippen molar-refractivity contribution in [2.45, 2.75) is 39.3 Å². The Morgan fingerprint density at radius 1 is 1.44 bits per heavy atom. The van der Waals surface area contributed by atoms with E-state index in [1.807, 2.05) is 38.1 Å². The van der Waals surface area contributed by atoms with E-state index >= 15 is 0 Å². The van der Waals surface area contributed by atoms with E-state index in [-0.39, 0.29) is 0 Å². The molecule has 0 amide bonds. The van der Waals surface area contributed by atoms with Crippen molar-refractivity contribution in [2.24, 2.45) is 0 Å². The van der Waals surface area contributed by atoms with Crippen LogP contribution in [0.1, 0.15) is 31.4 Å². The molecule has 3 nitrogen and oxygen atoms in total. The number of carboxylic acids is 1. The van der Waals surface area contributed by atoms with E-state index in [2.05, 4.69) is 5.32 Å². The van der Waals surface area contributed by atoms with Gasteiger partial charge in [0.15, 0.2) is 0 Å². The predicted molar refractivity (Wildman–Crippen MR) is 64.4 cm³/mol. The van der Waals surface area contributed by atoms with Crippen molar-refractivity contribution in [3.63, 3.8) is 0 Å². The van der Waals surface area contributed by atoms with Crippen molar-refractivity contribution < 1.29 is 9.90 Å². The molecule has 0 fully saturated rings. The standard InChI is InChI=1S/C13H19NO2/c1-4-13(3,12(15)16)14-9-11-8-6-5-7-10(11)2/h5-8,14H,4,9H2,1-3H3,(H,15,16). The third-order valence-corrected chi connectivity index (χ3v) is 3.11. The highest BCUT2D eigenvalue weighted by atomic mass is 16.4. The Morgan fingerprint density at radius 3 is 2.56 bits per heavy atom. The second-order valence-electron chi connectivity index (χ2n) is 4.27. The highest BCUT2D eigenvalue weighted by Crippen LogP contribution is 2.13. The Labute approximate surface area is 96.5 Å². The molecule has 2 N–H and O–H groups in total. The molecule has 0 heterocycles. The smallest absolute Gasteiger partial charge is 0.323 e. The number of nitrogens with one attached hydrogen (secondary N) is 1. The van der Waals surface area contributed by atoms with Crippen molar-refractivity contribution >= 4 is 5.97 Å². The first-order valence-electron chi connectivity index (χ1n) is 5.52. The molecule has 16 heavy (non-hydrogen) atoms. The number of benzene rings is 1. The molecule has 3 heteroatoms. The minimum Gasteiger partial charge on any atom is -0.480 e. The average Bonchev–Trinajstić information content (AvgIpc) is 2.27. The third-order valence-electron chi connectivity index (χ3n) is 3.11. The van der Waals surface area contributed by atoms with Gasteiger partial charge in [-0.2, -0.15) is 0 Å². The van der Waals surface area contributed by atoms with Gasteiger partial charge in [0.2, 0.25) is 0 Å². The summed E-state index contributed by atoms with van der Waals surface area (Å²) in [5.41, 5.74) is 1.48. The van der Waals surface area contributed by atoms with Gasteiger partial charge in [0.1, 0.15) is 5.54 Å². The molecule has 88 valence electrons. The topological polar surface area (TPSA) is 49.3 Å². The number of rotatable bonds is 5. The van der Waals surface area contributed by atoms with Crippen molar-refractivity contribution in [1.82, 2.24) is 5.32 Å². The maximum atomic E-state index is 11.1. The molecule has 0 bridgehead atoms. The maximum Gasteiger partial charge on any atom is 0.323 e. The van der Waals surface area contributed by atoms with E-state index < -0.39 is 11.5 Å². The largest absolute Gasteiger partial charge is 0.480 e. The van der Waals surface area contributed by atoms with Crippen molar-refractivity contribution in [3.05, 3.63) is 35.4 Å². The zero-order valence-electron chi connectivity index (χ0n) is 10.1. The Kier molecular flexibility index (Phi) is 4.07.